The zero-order valence-electron chi connectivity index (χ0n) is 11.0. The van der Waals surface area contributed by atoms with Crippen LogP contribution in [0.1, 0.15) is 16.8 Å². The third-order valence-electron chi connectivity index (χ3n) is 2.75. The maximum Gasteiger partial charge on any atom is 0.164 e. The van der Waals surface area contributed by atoms with Gasteiger partial charge in [0.05, 0.1) is 0 Å². The van der Waals surface area contributed by atoms with E-state index in [1.165, 1.54) is 0 Å². The van der Waals surface area contributed by atoms with Gasteiger partial charge < -0.3 is 9.80 Å². The predicted molar refractivity (Wildman–Crippen MR) is 71.4 cm³/mol. The second kappa shape index (κ2) is 7.20. The van der Waals surface area contributed by atoms with Crippen LogP contribution in [-0.2, 0) is 0 Å². The third-order valence-corrected chi connectivity index (χ3v) is 2.75. The van der Waals surface area contributed by atoms with Crippen molar-refractivity contribution in [2.75, 3.05) is 40.8 Å². The molecule has 0 spiro atoms. The van der Waals surface area contributed by atoms with Crippen molar-refractivity contribution in [3.63, 3.8) is 0 Å². The molecule has 94 valence electrons. The highest BCUT2D eigenvalue weighted by molar-refractivity contribution is 5.96. The van der Waals surface area contributed by atoms with Crippen molar-refractivity contribution in [2.24, 2.45) is 0 Å². The van der Waals surface area contributed by atoms with Crippen LogP contribution in [0.25, 0.3) is 0 Å². The average molecular weight is 234 g/mol. The van der Waals surface area contributed by atoms with Crippen LogP contribution in [0.4, 0.5) is 0 Å². The molecule has 0 saturated carbocycles. The van der Waals surface area contributed by atoms with Crippen molar-refractivity contribution in [1.82, 2.24) is 9.80 Å². The fourth-order valence-electron chi connectivity index (χ4n) is 1.54. The van der Waals surface area contributed by atoms with Gasteiger partial charge in [0, 0.05) is 31.6 Å². The first kappa shape index (κ1) is 13.9. The monoisotopic (exact) mass is 234 g/mol. The fourth-order valence-corrected chi connectivity index (χ4v) is 1.54. The van der Waals surface area contributed by atoms with E-state index in [0.717, 1.165) is 25.2 Å². The van der Waals surface area contributed by atoms with Gasteiger partial charge in [0.15, 0.2) is 5.78 Å². The summed E-state index contributed by atoms with van der Waals surface area (Å²) in [4.78, 5) is 16.2. The molecule has 0 unspecified atom stereocenters. The van der Waals surface area contributed by atoms with Crippen LogP contribution in [0.2, 0.25) is 0 Å². The molecular weight excluding hydrogens is 212 g/mol. The maximum absolute atomic E-state index is 11.9. The molecule has 0 aliphatic heterocycles. The second-order valence-corrected chi connectivity index (χ2v) is 4.65. The minimum Gasteiger partial charge on any atom is -0.308 e. The Bertz CT molecular complexity index is 335. The summed E-state index contributed by atoms with van der Waals surface area (Å²) in [6.45, 7) is 2.84. The summed E-state index contributed by atoms with van der Waals surface area (Å²) in [5, 5.41) is 0. The largest absolute Gasteiger partial charge is 0.308 e. The number of carbonyl (C=O) groups excluding carboxylic acids is 1. The molecule has 0 aromatic heterocycles. The maximum atomic E-state index is 11.9. The van der Waals surface area contributed by atoms with Crippen LogP contribution in [0.3, 0.4) is 0 Å². The molecular formula is C14H22N2O. The summed E-state index contributed by atoms with van der Waals surface area (Å²) in [6, 6.07) is 9.50. The highest BCUT2D eigenvalue weighted by Crippen LogP contribution is 2.03. The van der Waals surface area contributed by atoms with Crippen molar-refractivity contribution in [2.45, 2.75) is 6.42 Å². The van der Waals surface area contributed by atoms with E-state index in [0.29, 0.717) is 6.42 Å². The van der Waals surface area contributed by atoms with Gasteiger partial charge in [0.1, 0.15) is 0 Å². The summed E-state index contributed by atoms with van der Waals surface area (Å²) < 4.78 is 0. The molecule has 1 rings (SSSR count). The van der Waals surface area contributed by atoms with Crippen molar-refractivity contribution in [3.05, 3.63) is 35.9 Å². The van der Waals surface area contributed by atoms with E-state index in [2.05, 4.69) is 30.9 Å². The molecule has 0 bridgehead atoms. The number of hydrogen-bond acceptors (Lipinski definition) is 3. The van der Waals surface area contributed by atoms with E-state index in [9.17, 15) is 4.79 Å². The molecule has 0 atom stereocenters. The predicted octanol–water partition coefficient (Wildman–Crippen LogP) is 1.75. The Morgan fingerprint density at radius 2 is 1.65 bits per heavy atom. The number of carbonyl (C=O) groups is 1. The number of likely N-dealkylation sites (N-methyl/N-ethyl adjacent to an activating group) is 2. The minimum atomic E-state index is 0.224. The number of hydrogen-bond donors (Lipinski definition) is 0. The van der Waals surface area contributed by atoms with Gasteiger partial charge in [-0.25, -0.2) is 0 Å². The molecule has 0 aliphatic carbocycles. The van der Waals surface area contributed by atoms with E-state index in [1.54, 1.807) is 0 Å². The van der Waals surface area contributed by atoms with Crippen LogP contribution in [0.15, 0.2) is 30.3 Å². The number of ketones is 1. The summed E-state index contributed by atoms with van der Waals surface area (Å²) >= 11 is 0. The summed E-state index contributed by atoms with van der Waals surface area (Å²) in [6.07, 6.45) is 0.591. The zero-order chi connectivity index (χ0) is 12.7. The smallest absolute Gasteiger partial charge is 0.164 e. The molecule has 0 radical (unpaired) electrons. The van der Waals surface area contributed by atoms with Crippen molar-refractivity contribution < 1.29 is 4.79 Å². The van der Waals surface area contributed by atoms with Crippen LogP contribution in [0, 0.1) is 0 Å². The van der Waals surface area contributed by atoms with Gasteiger partial charge in [-0.2, -0.15) is 0 Å². The Morgan fingerprint density at radius 3 is 2.24 bits per heavy atom. The molecule has 0 saturated heterocycles. The Balaban J connectivity index is 2.29. The molecule has 17 heavy (non-hydrogen) atoms. The van der Waals surface area contributed by atoms with Gasteiger partial charge in [-0.1, -0.05) is 30.3 Å². The van der Waals surface area contributed by atoms with E-state index >= 15 is 0 Å². The number of Topliss-reactive ketones (excluding diaryl/α,β-unsaturated/α-hetero) is 1. The standard InChI is InChI=1S/C14H22N2O/c1-15(2)11-12-16(3)10-9-14(17)13-7-5-4-6-8-13/h4-8H,9-12H2,1-3H3. The van der Waals surface area contributed by atoms with Crippen LogP contribution in [0.5, 0.6) is 0 Å². The zero-order valence-corrected chi connectivity index (χ0v) is 11.0. The minimum absolute atomic E-state index is 0.224. The van der Waals surface area contributed by atoms with Crippen molar-refractivity contribution in [1.29, 1.82) is 0 Å². The Labute approximate surface area is 104 Å². The van der Waals surface area contributed by atoms with Gasteiger partial charge in [-0.15, -0.1) is 0 Å². The van der Waals surface area contributed by atoms with E-state index < -0.39 is 0 Å². The lowest BCUT2D eigenvalue weighted by Gasteiger charge is -2.18. The molecule has 3 heteroatoms. The molecule has 0 aliphatic rings. The van der Waals surface area contributed by atoms with Gasteiger partial charge >= 0.3 is 0 Å². The van der Waals surface area contributed by atoms with Crippen molar-refractivity contribution in [3.8, 4) is 0 Å². The lowest BCUT2D eigenvalue weighted by molar-refractivity contribution is 0.0968. The first-order chi connectivity index (χ1) is 8.09. The number of rotatable bonds is 7. The quantitative estimate of drug-likeness (QED) is 0.672. The Kier molecular flexibility index (Phi) is 5.87. The SMILES string of the molecule is CN(C)CCN(C)CCC(=O)c1ccccc1. The highest BCUT2D eigenvalue weighted by Gasteiger charge is 2.06. The topological polar surface area (TPSA) is 23.6 Å². The highest BCUT2D eigenvalue weighted by atomic mass is 16.1. The molecule has 0 N–H and O–H groups in total. The van der Waals surface area contributed by atoms with Gasteiger partial charge in [0.25, 0.3) is 0 Å². The van der Waals surface area contributed by atoms with E-state index in [4.69, 9.17) is 0 Å². The van der Waals surface area contributed by atoms with Crippen LogP contribution < -0.4 is 0 Å². The molecule has 0 amide bonds. The summed E-state index contributed by atoms with van der Waals surface area (Å²) in [7, 11) is 6.17. The van der Waals surface area contributed by atoms with E-state index in [1.807, 2.05) is 30.3 Å². The number of nitrogens with zero attached hydrogens (tertiary/aromatic N) is 2. The lowest BCUT2D eigenvalue weighted by atomic mass is 10.1. The van der Waals surface area contributed by atoms with Crippen LogP contribution >= 0.6 is 0 Å². The molecule has 0 heterocycles. The second-order valence-electron chi connectivity index (χ2n) is 4.65. The molecule has 3 nitrogen and oxygen atoms in total. The Hall–Kier alpha value is -1.19. The Morgan fingerprint density at radius 1 is 1.00 bits per heavy atom. The average Bonchev–Trinajstić information content (AvgIpc) is 2.34. The molecule has 1 aromatic carbocycles. The summed E-state index contributed by atoms with van der Waals surface area (Å²) in [5.74, 6) is 0.224. The third kappa shape index (κ3) is 5.61. The first-order valence-electron chi connectivity index (χ1n) is 6.01. The normalized spacial score (nSPS) is 11.1. The van der Waals surface area contributed by atoms with Gasteiger partial charge in [-0.05, 0) is 21.1 Å². The van der Waals surface area contributed by atoms with Crippen molar-refractivity contribution >= 4 is 5.78 Å². The van der Waals surface area contributed by atoms with Gasteiger partial charge in [-0.3, -0.25) is 4.79 Å². The molecule has 1 aromatic rings. The van der Waals surface area contributed by atoms with Crippen LogP contribution in [-0.4, -0.2) is 56.4 Å². The number of benzene rings is 1. The van der Waals surface area contributed by atoms with E-state index in [-0.39, 0.29) is 5.78 Å². The van der Waals surface area contributed by atoms with Gasteiger partial charge in [0.2, 0.25) is 0 Å². The lowest BCUT2D eigenvalue weighted by Crippen LogP contribution is -2.30. The molecule has 0 fully saturated rings. The summed E-state index contributed by atoms with van der Waals surface area (Å²) in [5.41, 5.74) is 0.813. The fraction of sp³-hybridized carbons (Fsp3) is 0.500. The first-order valence-corrected chi connectivity index (χ1v) is 6.01.